The molecule has 5 heteroatoms. The Bertz CT molecular complexity index is 491. The van der Waals surface area contributed by atoms with E-state index in [1.807, 2.05) is 13.1 Å². The highest BCUT2D eigenvalue weighted by Gasteiger charge is 2.23. The van der Waals surface area contributed by atoms with Crippen molar-refractivity contribution in [1.82, 2.24) is 20.1 Å². The second kappa shape index (κ2) is 4.94. The van der Waals surface area contributed by atoms with Gasteiger partial charge in [0.25, 0.3) is 0 Å². The summed E-state index contributed by atoms with van der Waals surface area (Å²) < 4.78 is 5.54. The second-order valence-electron chi connectivity index (χ2n) is 4.95. The van der Waals surface area contributed by atoms with Crippen LogP contribution >= 0.6 is 0 Å². The van der Waals surface area contributed by atoms with Gasteiger partial charge in [0.05, 0.1) is 12.7 Å². The zero-order chi connectivity index (χ0) is 12.4. The lowest BCUT2D eigenvalue weighted by Gasteiger charge is -2.31. The molecule has 1 aliphatic heterocycles. The van der Waals surface area contributed by atoms with Crippen LogP contribution in [-0.2, 0) is 6.54 Å². The predicted octanol–water partition coefficient (Wildman–Crippen LogP) is 2.09. The highest BCUT2D eigenvalue weighted by Crippen LogP contribution is 2.26. The molecule has 2 aromatic heterocycles. The van der Waals surface area contributed by atoms with Crippen LogP contribution < -0.4 is 0 Å². The molecule has 1 atom stereocenters. The van der Waals surface area contributed by atoms with E-state index in [0.29, 0.717) is 5.92 Å². The minimum absolute atomic E-state index is 0.553. The maximum Gasteiger partial charge on any atom is 0.208 e. The van der Waals surface area contributed by atoms with Gasteiger partial charge in [-0.3, -0.25) is 10.00 Å². The summed E-state index contributed by atoms with van der Waals surface area (Å²) in [6.07, 6.45) is 6.05. The van der Waals surface area contributed by atoms with Crippen LogP contribution in [0.2, 0.25) is 0 Å². The van der Waals surface area contributed by atoms with Gasteiger partial charge in [-0.2, -0.15) is 5.10 Å². The average molecular weight is 246 g/mol. The maximum atomic E-state index is 5.54. The molecular formula is C13H18N4O. The van der Waals surface area contributed by atoms with Crippen molar-refractivity contribution in [1.29, 1.82) is 0 Å². The van der Waals surface area contributed by atoms with Crippen LogP contribution in [0, 0.1) is 6.92 Å². The van der Waals surface area contributed by atoms with Crippen LogP contribution in [-0.4, -0.2) is 33.2 Å². The molecule has 96 valence electrons. The lowest BCUT2D eigenvalue weighted by molar-refractivity contribution is 0.181. The van der Waals surface area contributed by atoms with E-state index < -0.39 is 0 Å². The van der Waals surface area contributed by atoms with Gasteiger partial charge in [-0.15, -0.1) is 0 Å². The highest BCUT2D eigenvalue weighted by atomic mass is 16.4. The van der Waals surface area contributed by atoms with Crippen LogP contribution in [0.15, 0.2) is 22.9 Å². The smallest absolute Gasteiger partial charge is 0.208 e. The summed E-state index contributed by atoms with van der Waals surface area (Å²) in [5, 5.41) is 7.12. The SMILES string of the molecule is Cc1cnc(CN2CCCC(c3ccn[nH]3)C2)o1. The summed E-state index contributed by atoms with van der Waals surface area (Å²) in [5.41, 5.74) is 1.24. The van der Waals surface area contributed by atoms with E-state index in [0.717, 1.165) is 31.3 Å². The zero-order valence-corrected chi connectivity index (χ0v) is 10.6. The molecule has 1 aliphatic rings. The molecule has 18 heavy (non-hydrogen) atoms. The maximum absolute atomic E-state index is 5.54. The summed E-state index contributed by atoms with van der Waals surface area (Å²) in [5.74, 6) is 2.25. The van der Waals surface area contributed by atoms with Gasteiger partial charge in [0.15, 0.2) is 0 Å². The van der Waals surface area contributed by atoms with Crippen LogP contribution in [0.5, 0.6) is 0 Å². The van der Waals surface area contributed by atoms with Crippen LogP contribution in [0.25, 0.3) is 0 Å². The molecule has 0 aliphatic carbocycles. The van der Waals surface area contributed by atoms with Crippen molar-refractivity contribution < 1.29 is 4.42 Å². The first kappa shape index (κ1) is 11.5. The molecule has 1 unspecified atom stereocenters. The number of H-pyrrole nitrogens is 1. The molecule has 0 bridgehead atoms. The van der Waals surface area contributed by atoms with E-state index in [1.54, 1.807) is 6.20 Å². The molecule has 3 heterocycles. The Morgan fingerprint density at radius 3 is 3.22 bits per heavy atom. The second-order valence-corrected chi connectivity index (χ2v) is 4.95. The molecule has 3 rings (SSSR count). The molecule has 1 saturated heterocycles. The number of aromatic nitrogens is 3. The zero-order valence-electron chi connectivity index (χ0n) is 10.6. The fourth-order valence-corrected chi connectivity index (χ4v) is 2.61. The Morgan fingerprint density at radius 1 is 1.56 bits per heavy atom. The molecule has 0 radical (unpaired) electrons. The number of nitrogens with zero attached hydrogens (tertiary/aromatic N) is 3. The Labute approximate surface area is 106 Å². The number of piperidine rings is 1. The van der Waals surface area contributed by atoms with Gasteiger partial charge < -0.3 is 4.42 Å². The number of aryl methyl sites for hydroxylation is 1. The molecule has 1 fully saturated rings. The highest BCUT2D eigenvalue weighted by molar-refractivity contribution is 5.07. The van der Waals surface area contributed by atoms with E-state index in [-0.39, 0.29) is 0 Å². The molecular weight excluding hydrogens is 228 g/mol. The van der Waals surface area contributed by atoms with E-state index >= 15 is 0 Å². The van der Waals surface area contributed by atoms with Crippen molar-refractivity contribution in [2.45, 2.75) is 32.2 Å². The normalized spacial score (nSPS) is 21.3. The van der Waals surface area contributed by atoms with Crippen LogP contribution in [0.3, 0.4) is 0 Å². The van der Waals surface area contributed by atoms with Gasteiger partial charge in [-0.05, 0) is 32.4 Å². The number of hydrogen-bond donors (Lipinski definition) is 1. The Morgan fingerprint density at radius 2 is 2.50 bits per heavy atom. The van der Waals surface area contributed by atoms with Crippen molar-refractivity contribution in [3.8, 4) is 0 Å². The lowest BCUT2D eigenvalue weighted by atomic mass is 9.95. The summed E-state index contributed by atoms with van der Waals surface area (Å²) in [7, 11) is 0. The number of aromatic amines is 1. The molecule has 2 aromatic rings. The predicted molar refractivity (Wildman–Crippen MR) is 67.1 cm³/mol. The van der Waals surface area contributed by atoms with E-state index in [1.165, 1.54) is 18.5 Å². The first-order valence-electron chi connectivity index (χ1n) is 6.44. The molecule has 0 amide bonds. The van der Waals surface area contributed by atoms with Gasteiger partial charge in [0, 0.05) is 24.4 Å². The minimum atomic E-state index is 0.553. The van der Waals surface area contributed by atoms with E-state index in [9.17, 15) is 0 Å². The summed E-state index contributed by atoms with van der Waals surface area (Å²) in [6, 6.07) is 2.07. The minimum Gasteiger partial charge on any atom is -0.445 e. The molecule has 5 nitrogen and oxygen atoms in total. The largest absolute Gasteiger partial charge is 0.445 e. The number of hydrogen-bond acceptors (Lipinski definition) is 4. The monoisotopic (exact) mass is 246 g/mol. The summed E-state index contributed by atoms with van der Waals surface area (Å²) >= 11 is 0. The van der Waals surface area contributed by atoms with Crippen LogP contribution in [0.1, 0.15) is 36.1 Å². The fourth-order valence-electron chi connectivity index (χ4n) is 2.61. The van der Waals surface area contributed by atoms with Crippen molar-refractivity contribution in [3.05, 3.63) is 35.8 Å². The van der Waals surface area contributed by atoms with Crippen LogP contribution in [0.4, 0.5) is 0 Å². The molecule has 0 saturated carbocycles. The first-order valence-corrected chi connectivity index (χ1v) is 6.44. The Kier molecular flexibility index (Phi) is 3.15. The number of oxazole rings is 1. The third-order valence-corrected chi connectivity index (χ3v) is 3.50. The van der Waals surface area contributed by atoms with Gasteiger partial charge in [0.1, 0.15) is 5.76 Å². The summed E-state index contributed by atoms with van der Waals surface area (Å²) in [6.45, 7) is 4.90. The first-order chi connectivity index (χ1) is 8.81. The Balaban J connectivity index is 1.63. The number of rotatable bonds is 3. The topological polar surface area (TPSA) is 58.0 Å². The molecule has 0 spiro atoms. The van der Waals surface area contributed by atoms with E-state index in [4.69, 9.17) is 4.42 Å². The van der Waals surface area contributed by atoms with E-state index in [2.05, 4.69) is 26.1 Å². The Hall–Kier alpha value is -1.62. The van der Waals surface area contributed by atoms with Gasteiger partial charge in [-0.1, -0.05) is 0 Å². The third kappa shape index (κ3) is 2.46. The van der Waals surface area contributed by atoms with Crippen molar-refractivity contribution in [3.63, 3.8) is 0 Å². The lowest BCUT2D eigenvalue weighted by Crippen LogP contribution is -2.34. The van der Waals surface area contributed by atoms with Crippen molar-refractivity contribution >= 4 is 0 Å². The van der Waals surface area contributed by atoms with Crippen molar-refractivity contribution in [2.75, 3.05) is 13.1 Å². The number of nitrogens with one attached hydrogen (secondary N) is 1. The van der Waals surface area contributed by atoms with Gasteiger partial charge in [-0.25, -0.2) is 4.98 Å². The fraction of sp³-hybridized carbons (Fsp3) is 0.538. The number of likely N-dealkylation sites (tertiary alicyclic amines) is 1. The van der Waals surface area contributed by atoms with Crippen molar-refractivity contribution in [2.24, 2.45) is 0 Å². The van der Waals surface area contributed by atoms with Gasteiger partial charge in [0.2, 0.25) is 5.89 Å². The molecule has 0 aromatic carbocycles. The van der Waals surface area contributed by atoms with Gasteiger partial charge >= 0.3 is 0 Å². The third-order valence-electron chi connectivity index (χ3n) is 3.50. The quantitative estimate of drug-likeness (QED) is 0.901. The summed E-state index contributed by atoms with van der Waals surface area (Å²) in [4.78, 5) is 6.67. The standard InChI is InChI=1S/C13H18N4O/c1-10-7-14-13(18-10)9-17-6-2-3-11(8-17)12-4-5-15-16-12/h4-5,7,11H,2-3,6,8-9H2,1H3,(H,15,16). The molecule has 1 N–H and O–H groups in total. The average Bonchev–Trinajstić information content (AvgIpc) is 3.01.